The van der Waals surface area contributed by atoms with Crippen molar-refractivity contribution in [3.8, 4) is 11.5 Å². The highest BCUT2D eigenvalue weighted by molar-refractivity contribution is 7.89. The van der Waals surface area contributed by atoms with Gasteiger partial charge in [-0.3, -0.25) is 4.68 Å². The molecule has 0 saturated heterocycles. The van der Waals surface area contributed by atoms with Crippen molar-refractivity contribution in [1.82, 2.24) is 14.5 Å². The molecule has 10 heteroatoms. The first-order valence-corrected chi connectivity index (χ1v) is 9.75. The molecule has 2 N–H and O–H groups in total. The number of sulfonamides is 1. The molecular weight excluding hydrogens is 374 g/mol. The molecule has 0 aliphatic rings. The molecule has 0 atom stereocenters. The summed E-state index contributed by atoms with van der Waals surface area (Å²) in [4.78, 5) is 11.1. The Morgan fingerprint density at radius 3 is 2.63 bits per heavy atom. The van der Waals surface area contributed by atoms with Crippen LogP contribution in [-0.2, 0) is 23.5 Å². The lowest BCUT2D eigenvalue weighted by Crippen LogP contribution is -2.28. The fraction of sp³-hybridized carbons (Fsp3) is 0.412. The lowest BCUT2D eigenvalue weighted by Gasteiger charge is -2.11. The number of ether oxygens (including phenoxy) is 2. The number of aromatic nitrogens is 2. The molecular formula is C17H23N3O6S. The van der Waals surface area contributed by atoms with Crippen LogP contribution in [-0.4, -0.2) is 49.5 Å². The number of carboxylic acid groups (broad SMARTS) is 1. The summed E-state index contributed by atoms with van der Waals surface area (Å²) in [7, 11) is -1.10. The number of hydrogen-bond donors (Lipinski definition) is 2. The molecule has 1 aromatic carbocycles. The molecule has 0 bridgehead atoms. The summed E-state index contributed by atoms with van der Waals surface area (Å²) in [6.45, 7) is 3.92. The van der Waals surface area contributed by atoms with Crippen LogP contribution < -0.4 is 14.2 Å². The second-order valence-electron chi connectivity index (χ2n) is 5.76. The highest BCUT2D eigenvalue weighted by Crippen LogP contribution is 2.28. The predicted molar refractivity (Wildman–Crippen MR) is 98.0 cm³/mol. The maximum atomic E-state index is 12.6. The van der Waals surface area contributed by atoms with Gasteiger partial charge in [0.25, 0.3) is 0 Å². The highest BCUT2D eigenvalue weighted by Gasteiger charge is 2.29. The van der Waals surface area contributed by atoms with E-state index in [1.807, 2.05) is 13.0 Å². The number of nitrogens with zero attached hydrogens (tertiary/aromatic N) is 2. The maximum absolute atomic E-state index is 12.6. The Morgan fingerprint density at radius 2 is 2.04 bits per heavy atom. The molecule has 0 aliphatic heterocycles. The zero-order chi connectivity index (χ0) is 20.2. The fourth-order valence-electron chi connectivity index (χ4n) is 2.74. The maximum Gasteiger partial charge on any atom is 0.355 e. The zero-order valence-corrected chi connectivity index (χ0v) is 16.5. The van der Waals surface area contributed by atoms with Crippen molar-refractivity contribution >= 4 is 16.0 Å². The van der Waals surface area contributed by atoms with Crippen LogP contribution in [0.3, 0.4) is 0 Å². The van der Waals surface area contributed by atoms with Crippen molar-refractivity contribution in [1.29, 1.82) is 0 Å². The summed E-state index contributed by atoms with van der Waals surface area (Å²) in [6, 6.07) is 5.36. The Kier molecular flexibility index (Phi) is 6.45. The molecule has 0 amide bonds. The quantitative estimate of drug-likeness (QED) is 0.655. The van der Waals surface area contributed by atoms with Crippen LogP contribution >= 0.6 is 0 Å². The molecule has 0 spiro atoms. The van der Waals surface area contributed by atoms with Gasteiger partial charge in [-0.1, -0.05) is 6.07 Å². The standard InChI is InChI=1S/C17H23N3O6S/c1-5-26-13-7-6-12(10-14(13)25-4)8-9-18-27(23,24)16-11(2)19-20(3)15(16)17(21)22/h6-7,10,18H,5,8-9H2,1-4H3,(H,21,22). The SMILES string of the molecule is CCOc1ccc(CCNS(=O)(=O)c2c(C)nn(C)c2C(=O)O)cc1OC. The van der Waals surface area contributed by atoms with Crippen LogP contribution in [0.4, 0.5) is 0 Å². The van der Waals surface area contributed by atoms with Crippen LogP contribution in [0.2, 0.25) is 0 Å². The van der Waals surface area contributed by atoms with Crippen LogP contribution in [0, 0.1) is 6.92 Å². The van der Waals surface area contributed by atoms with E-state index in [0.717, 1.165) is 10.2 Å². The van der Waals surface area contributed by atoms with Gasteiger partial charge >= 0.3 is 5.97 Å². The molecule has 0 saturated carbocycles. The normalized spacial score (nSPS) is 11.4. The molecule has 2 rings (SSSR count). The van der Waals surface area contributed by atoms with Crippen LogP contribution in [0.5, 0.6) is 11.5 Å². The van der Waals surface area contributed by atoms with Gasteiger partial charge in [0.05, 0.1) is 19.4 Å². The zero-order valence-electron chi connectivity index (χ0n) is 15.6. The average molecular weight is 397 g/mol. The fourth-order valence-corrected chi connectivity index (χ4v) is 4.16. The molecule has 0 aliphatic carbocycles. The first kappa shape index (κ1) is 20.7. The van der Waals surface area contributed by atoms with Gasteiger partial charge in [0.2, 0.25) is 10.0 Å². The molecule has 1 heterocycles. The highest BCUT2D eigenvalue weighted by atomic mass is 32.2. The molecule has 0 radical (unpaired) electrons. The van der Waals surface area contributed by atoms with Crippen LogP contribution in [0.15, 0.2) is 23.1 Å². The molecule has 9 nitrogen and oxygen atoms in total. The van der Waals surface area contributed by atoms with E-state index < -0.39 is 16.0 Å². The second kappa shape index (κ2) is 8.40. The monoisotopic (exact) mass is 397 g/mol. The molecule has 27 heavy (non-hydrogen) atoms. The summed E-state index contributed by atoms with van der Waals surface area (Å²) < 4.78 is 39.3. The molecule has 148 valence electrons. The largest absolute Gasteiger partial charge is 0.493 e. The molecule has 2 aromatic rings. The van der Waals surface area contributed by atoms with Crippen LogP contribution in [0.25, 0.3) is 0 Å². The minimum absolute atomic E-state index is 0.0901. The van der Waals surface area contributed by atoms with E-state index in [1.54, 1.807) is 12.1 Å². The van der Waals surface area contributed by atoms with Crippen molar-refractivity contribution in [2.24, 2.45) is 7.05 Å². The number of aromatic carboxylic acids is 1. The van der Waals surface area contributed by atoms with Gasteiger partial charge in [-0.05, 0) is 38.0 Å². The minimum atomic E-state index is -4.02. The Balaban J connectivity index is 2.14. The van der Waals surface area contributed by atoms with E-state index in [9.17, 15) is 18.3 Å². The lowest BCUT2D eigenvalue weighted by molar-refractivity contribution is 0.0680. The van der Waals surface area contributed by atoms with Gasteiger partial charge in [-0.15, -0.1) is 0 Å². The Bertz CT molecular complexity index is 936. The second-order valence-corrected chi connectivity index (χ2v) is 7.46. The summed E-state index contributed by atoms with van der Waals surface area (Å²) in [5.41, 5.74) is 0.604. The molecule has 0 unspecified atom stereocenters. The van der Waals surface area contributed by atoms with Gasteiger partial charge in [0.1, 0.15) is 4.90 Å². The van der Waals surface area contributed by atoms with Gasteiger partial charge < -0.3 is 14.6 Å². The van der Waals surface area contributed by atoms with E-state index in [1.165, 1.54) is 21.1 Å². The Hall–Kier alpha value is -2.59. The lowest BCUT2D eigenvalue weighted by atomic mass is 10.1. The van der Waals surface area contributed by atoms with E-state index in [2.05, 4.69) is 9.82 Å². The Labute approximate surface area is 158 Å². The van der Waals surface area contributed by atoms with Gasteiger partial charge in [-0.2, -0.15) is 5.10 Å². The number of hydrogen-bond acceptors (Lipinski definition) is 6. The van der Waals surface area contributed by atoms with Gasteiger partial charge in [0.15, 0.2) is 17.2 Å². The number of rotatable bonds is 9. The van der Waals surface area contributed by atoms with Crippen molar-refractivity contribution in [3.05, 3.63) is 35.2 Å². The van der Waals surface area contributed by atoms with Crippen molar-refractivity contribution in [3.63, 3.8) is 0 Å². The third-order valence-electron chi connectivity index (χ3n) is 3.87. The van der Waals surface area contributed by atoms with Crippen molar-refractivity contribution < 1.29 is 27.8 Å². The number of methoxy groups -OCH3 is 1. The predicted octanol–water partition coefficient (Wildman–Crippen LogP) is 1.36. The van der Waals surface area contributed by atoms with E-state index in [-0.39, 0.29) is 22.8 Å². The summed E-state index contributed by atoms with van der Waals surface area (Å²) in [6.07, 6.45) is 0.393. The van der Waals surface area contributed by atoms with Crippen molar-refractivity contribution in [2.45, 2.75) is 25.2 Å². The smallest absolute Gasteiger partial charge is 0.355 e. The Morgan fingerprint density at radius 1 is 1.33 bits per heavy atom. The first-order valence-electron chi connectivity index (χ1n) is 8.27. The average Bonchev–Trinajstić information content (AvgIpc) is 2.91. The van der Waals surface area contributed by atoms with E-state index in [0.29, 0.717) is 24.5 Å². The topological polar surface area (TPSA) is 120 Å². The number of aryl methyl sites for hydroxylation is 2. The number of benzene rings is 1. The van der Waals surface area contributed by atoms with E-state index >= 15 is 0 Å². The number of nitrogens with one attached hydrogen (secondary N) is 1. The number of carboxylic acids is 1. The van der Waals surface area contributed by atoms with Crippen molar-refractivity contribution in [2.75, 3.05) is 20.3 Å². The summed E-state index contributed by atoms with van der Waals surface area (Å²) in [5, 5.41) is 13.2. The molecule has 1 aromatic heterocycles. The van der Waals surface area contributed by atoms with Gasteiger partial charge in [-0.25, -0.2) is 17.9 Å². The van der Waals surface area contributed by atoms with E-state index in [4.69, 9.17) is 9.47 Å². The number of carbonyl (C=O) groups is 1. The summed E-state index contributed by atoms with van der Waals surface area (Å²) in [5.74, 6) is -0.176. The van der Waals surface area contributed by atoms with Crippen LogP contribution in [0.1, 0.15) is 28.7 Å². The third kappa shape index (κ3) is 4.58. The third-order valence-corrected chi connectivity index (χ3v) is 5.48. The minimum Gasteiger partial charge on any atom is -0.493 e. The molecule has 0 fully saturated rings. The summed E-state index contributed by atoms with van der Waals surface area (Å²) >= 11 is 0. The first-order chi connectivity index (χ1) is 12.7. The van der Waals surface area contributed by atoms with Gasteiger partial charge in [0, 0.05) is 13.6 Å².